The van der Waals surface area contributed by atoms with Crippen LogP contribution in [0, 0.1) is 0 Å². The van der Waals surface area contributed by atoms with Crippen molar-refractivity contribution in [3.05, 3.63) is 33.8 Å². The van der Waals surface area contributed by atoms with E-state index in [1.54, 1.807) is 0 Å². The molecule has 82 valence electrons. The maximum Gasteiger partial charge on any atom is 0.303 e. The van der Waals surface area contributed by atoms with Gasteiger partial charge in [0.15, 0.2) is 0 Å². The van der Waals surface area contributed by atoms with Crippen LogP contribution in [0.2, 0.25) is 0 Å². The number of carboxylic acid groups (broad SMARTS) is 1. The van der Waals surface area contributed by atoms with Crippen LogP contribution in [-0.2, 0) is 11.2 Å². The zero-order chi connectivity index (χ0) is 11.4. The molecule has 0 aliphatic heterocycles. The molecule has 0 aliphatic carbocycles. The molecule has 2 nitrogen and oxygen atoms in total. The Bertz CT molecular complexity index is 361. The van der Waals surface area contributed by atoms with Gasteiger partial charge >= 0.3 is 5.97 Å². The van der Waals surface area contributed by atoms with Gasteiger partial charge in [-0.05, 0) is 29.5 Å². The number of hydrogen-bond donors (Lipinski definition) is 1. The first-order valence-corrected chi connectivity index (χ1v) is 5.84. The molecule has 0 aromatic heterocycles. The summed E-state index contributed by atoms with van der Waals surface area (Å²) in [5, 5.41) is 8.70. The Hall–Kier alpha value is -0.830. The molecule has 0 aliphatic rings. The van der Waals surface area contributed by atoms with Gasteiger partial charge in [0, 0.05) is 4.47 Å². The molecule has 0 saturated heterocycles. The van der Waals surface area contributed by atoms with Crippen molar-refractivity contribution in [2.75, 3.05) is 0 Å². The summed E-state index contributed by atoms with van der Waals surface area (Å²) in [6, 6.07) is 6.08. The molecule has 0 fully saturated rings. The number of hydrogen-bond acceptors (Lipinski definition) is 1. The summed E-state index contributed by atoms with van der Waals surface area (Å²) in [6.45, 7) is 4.03. The van der Waals surface area contributed by atoms with E-state index in [2.05, 4.69) is 28.9 Å². The van der Waals surface area contributed by atoms with E-state index in [1.807, 2.05) is 19.1 Å². The van der Waals surface area contributed by atoms with Crippen molar-refractivity contribution < 1.29 is 9.90 Å². The Labute approximate surface area is 98.4 Å². The predicted octanol–water partition coefficient (Wildman–Crippen LogP) is 3.59. The van der Waals surface area contributed by atoms with E-state index in [1.165, 1.54) is 5.56 Å². The molecule has 0 bridgehead atoms. The molecule has 0 radical (unpaired) electrons. The van der Waals surface area contributed by atoms with Gasteiger partial charge < -0.3 is 5.11 Å². The minimum atomic E-state index is -0.752. The molecule has 0 amide bonds. The number of benzene rings is 1. The fraction of sp³-hybridized carbons (Fsp3) is 0.417. The van der Waals surface area contributed by atoms with Gasteiger partial charge in [-0.1, -0.05) is 41.9 Å². The van der Waals surface area contributed by atoms with Gasteiger partial charge in [-0.2, -0.15) is 0 Å². The van der Waals surface area contributed by atoms with Gasteiger partial charge in [-0.25, -0.2) is 0 Å². The molecule has 0 heterocycles. The number of halogens is 1. The molecule has 1 rings (SSSR count). The molecule has 3 heteroatoms. The number of aryl methyl sites for hydroxylation is 1. The Morgan fingerprint density at radius 2 is 2.20 bits per heavy atom. The molecule has 1 atom stereocenters. The van der Waals surface area contributed by atoms with Crippen molar-refractivity contribution in [2.45, 2.75) is 32.6 Å². The Balaban J connectivity index is 2.87. The zero-order valence-corrected chi connectivity index (χ0v) is 10.5. The van der Waals surface area contributed by atoms with Crippen LogP contribution in [0.4, 0.5) is 0 Å². The van der Waals surface area contributed by atoms with Gasteiger partial charge in [0.2, 0.25) is 0 Å². The smallest absolute Gasteiger partial charge is 0.303 e. The molecule has 1 N–H and O–H groups in total. The lowest BCUT2D eigenvalue weighted by Crippen LogP contribution is -2.03. The van der Waals surface area contributed by atoms with Gasteiger partial charge in [0.05, 0.1) is 6.42 Å². The van der Waals surface area contributed by atoms with Gasteiger partial charge in [-0.3, -0.25) is 4.79 Å². The second-order valence-electron chi connectivity index (χ2n) is 3.70. The van der Waals surface area contributed by atoms with Crippen molar-refractivity contribution in [3.8, 4) is 0 Å². The maximum atomic E-state index is 10.6. The highest BCUT2D eigenvalue weighted by Gasteiger charge is 2.11. The van der Waals surface area contributed by atoms with E-state index in [-0.39, 0.29) is 12.3 Å². The normalized spacial score (nSPS) is 12.5. The second kappa shape index (κ2) is 5.31. The lowest BCUT2D eigenvalue weighted by atomic mass is 9.96. The number of carboxylic acids is 1. The van der Waals surface area contributed by atoms with Crippen LogP contribution in [0.3, 0.4) is 0 Å². The summed E-state index contributed by atoms with van der Waals surface area (Å²) >= 11 is 3.49. The average Bonchev–Trinajstić information content (AvgIpc) is 2.16. The molecule has 0 spiro atoms. The van der Waals surface area contributed by atoms with Gasteiger partial charge in [0.1, 0.15) is 0 Å². The number of rotatable bonds is 4. The Kier molecular flexibility index (Phi) is 4.33. The van der Waals surface area contributed by atoms with Crippen molar-refractivity contribution in [2.24, 2.45) is 0 Å². The zero-order valence-electron chi connectivity index (χ0n) is 8.96. The average molecular weight is 271 g/mol. The first kappa shape index (κ1) is 12.2. The summed E-state index contributed by atoms with van der Waals surface area (Å²) in [4.78, 5) is 10.6. The highest BCUT2D eigenvalue weighted by Crippen LogP contribution is 2.25. The van der Waals surface area contributed by atoms with Crippen LogP contribution >= 0.6 is 15.9 Å². The van der Waals surface area contributed by atoms with Crippen LogP contribution in [0.15, 0.2) is 22.7 Å². The lowest BCUT2D eigenvalue weighted by Gasteiger charge is -2.11. The fourth-order valence-corrected chi connectivity index (χ4v) is 2.21. The molecule has 1 aromatic rings. The SMILES string of the molecule is CCc1ccc(C(C)CC(=O)O)cc1Br. The Morgan fingerprint density at radius 3 is 2.67 bits per heavy atom. The predicted molar refractivity (Wildman–Crippen MR) is 64.2 cm³/mol. The topological polar surface area (TPSA) is 37.3 Å². The van der Waals surface area contributed by atoms with E-state index in [0.717, 1.165) is 16.5 Å². The quantitative estimate of drug-likeness (QED) is 0.908. The van der Waals surface area contributed by atoms with E-state index in [9.17, 15) is 4.79 Å². The van der Waals surface area contributed by atoms with E-state index < -0.39 is 5.97 Å². The molecule has 0 saturated carbocycles. The number of carbonyl (C=O) groups is 1. The van der Waals surface area contributed by atoms with Gasteiger partial charge in [0.25, 0.3) is 0 Å². The lowest BCUT2D eigenvalue weighted by molar-refractivity contribution is -0.137. The largest absolute Gasteiger partial charge is 0.481 e. The van der Waals surface area contributed by atoms with Crippen LogP contribution in [0.25, 0.3) is 0 Å². The van der Waals surface area contributed by atoms with Crippen LogP contribution < -0.4 is 0 Å². The second-order valence-corrected chi connectivity index (χ2v) is 4.56. The third kappa shape index (κ3) is 3.34. The summed E-state index contributed by atoms with van der Waals surface area (Å²) in [7, 11) is 0. The number of aliphatic carboxylic acids is 1. The third-order valence-electron chi connectivity index (χ3n) is 2.51. The minimum absolute atomic E-state index is 0.0599. The van der Waals surface area contributed by atoms with Crippen molar-refractivity contribution in [1.29, 1.82) is 0 Å². The molecule has 1 unspecified atom stereocenters. The summed E-state index contributed by atoms with van der Waals surface area (Å²) < 4.78 is 1.07. The maximum absolute atomic E-state index is 10.6. The summed E-state index contributed by atoms with van der Waals surface area (Å²) in [5.74, 6) is -0.692. The minimum Gasteiger partial charge on any atom is -0.481 e. The molecule has 15 heavy (non-hydrogen) atoms. The van der Waals surface area contributed by atoms with Crippen LogP contribution in [-0.4, -0.2) is 11.1 Å². The van der Waals surface area contributed by atoms with Crippen LogP contribution in [0.5, 0.6) is 0 Å². The van der Waals surface area contributed by atoms with Crippen LogP contribution in [0.1, 0.15) is 37.3 Å². The van der Waals surface area contributed by atoms with E-state index in [4.69, 9.17) is 5.11 Å². The van der Waals surface area contributed by atoms with Crippen molar-refractivity contribution in [1.82, 2.24) is 0 Å². The molecule has 1 aromatic carbocycles. The first-order valence-electron chi connectivity index (χ1n) is 5.04. The summed E-state index contributed by atoms with van der Waals surface area (Å²) in [6.07, 6.45) is 1.16. The highest BCUT2D eigenvalue weighted by atomic mass is 79.9. The molecular formula is C12H15BrO2. The standard InChI is InChI=1S/C12H15BrO2/c1-3-9-4-5-10(7-11(9)13)8(2)6-12(14)15/h4-5,7-8H,3,6H2,1-2H3,(H,14,15). The summed E-state index contributed by atoms with van der Waals surface area (Å²) in [5.41, 5.74) is 2.32. The first-order chi connectivity index (χ1) is 7.04. The monoisotopic (exact) mass is 270 g/mol. The van der Waals surface area contributed by atoms with Crippen molar-refractivity contribution in [3.63, 3.8) is 0 Å². The highest BCUT2D eigenvalue weighted by molar-refractivity contribution is 9.10. The Morgan fingerprint density at radius 1 is 1.53 bits per heavy atom. The fourth-order valence-electron chi connectivity index (χ4n) is 1.54. The van der Waals surface area contributed by atoms with Gasteiger partial charge in [-0.15, -0.1) is 0 Å². The third-order valence-corrected chi connectivity index (χ3v) is 3.25. The van der Waals surface area contributed by atoms with E-state index in [0.29, 0.717) is 0 Å². The molecular weight excluding hydrogens is 256 g/mol. The van der Waals surface area contributed by atoms with Crippen molar-refractivity contribution >= 4 is 21.9 Å². The van der Waals surface area contributed by atoms with E-state index >= 15 is 0 Å².